The average molecular weight is 365 g/mol. The number of rotatable bonds is 5. The highest BCUT2D eigenvalue weighted by atomic mass is 16.5. The number of carbonyl (C=O) groups excluding carboxylic acids is 1. The van der Waals surface area contributed by atoms with E-state index in [1.807, 2.05) is 48.5 Å². The molecule has 27 heavy (non-hydrogen) atoms. The van der Waals surface area contributed by atoms with Crippen molar-refractivity contribution in [2.75, 3.05) is 25.7 Å². The molecule has 0 aliphatic carbocycles. The lowest BCUT2D eigenvalue weighted by Crippen LogP contribution is -2.24. The summed E-state index contributed by atoms with van der Waals surface area (Å²) < 4.78 is 15.8. The third-order valence-corrected chi connectivity index (χ3v) is 4.65. The molecule has 138 valence electrons. The third kappa shape index (κ3) is 3.36. The first kappa shape index (κ1) is 17.1. The average Bonchev–Trinajstić information content (AvgIpc) is 3.35. The fraction of sp³-hybridized carbons (Fsp3) is 0.250. The number of anilines is 1. The highest BCUT2D eigenvalue weighted by molar-refractivity contribution is 5.96. The fourth-order valence-corrected chi connectivity index (χ4v) is 3.14. The van der Waals surface area contributed by atoms with Crippen molar-refractivity contribution in [3.8, 4) is 22.9 Å². The summed E-state index contributed by atoms with van der Waals surface area (Å²) in [4.78, 5) is 18.7. The van der Waals surface area contributed by atoms with Crippen LogP contribution in [-0.4, -0.2) is 36.8 Å². The summed E-state index contributed by atoms with van der Waals surface area (Å²) in [6.45, 7) is 0.509. The van der Waals surface area contributed by atoms with Crippen LogP contribution in [0.2, 0.25) is 0 Å². The van der Waals surface area contributed by atoms with Crippen molar-refractivity contribution in [1.82, 2.24) is 10.1 Å². The summed E-state index contributed by atoms with van der Waals surface area (Å²) >= 11 is 0. The van der Waals surface area contributed by atoms with E-state index in [1.54, 1.807) is 19.1 Å². The second-order valence-electron chi connectivity index (χ2n) is 6.29. The Labute approximate surface area is 156 Å². The van der Waals surface area contributed by atoms with Gasteiger partial charge in [-0.3, -0.25) is 4.79 Å². The van der Waals surface area contributed by atoms with Crippen molar-refractivity contribution in [1.29, 1.82) is 0 Å². The van der Waals surface area contributed by atoms with Crippen LogP contribution in [0, 0.1) is 0 Å². The van der Waals surface area contributed by atoms with Gasteiger partial charge in [0.15, 0.2) is 0 Å². The van der Waals surface area contributed by atoms with Crippen LogP contribution in [0.15, 0.2) is 53.1 Å². The molecule has 0 bridgehead atoms. The van der Waals surface area contributed by atoms with E-state index < -0.39 is 0 Å². The Kier molecular flexibility index (Phi) is 4.50. The molecule has 1 aliphatic heterocycles. The summed E-state index contributed by atoms with van der Waals surface area (Å²) in [6, 6.07) is 14.8. The van der Waals surface area contributed by atoms with Crippen molar-refractivity contribution in [2.24, 2.45) is 0 Å². The summed E-state index contributed by atoms with van der Waals surface area (Å²) in [5, 5.41) is 4.06. The van der Waals surface area contributed by atoms with Crippen LogP contribution in [-0.2, 0) is 4.79 Å². The highest BCUT2D eigenvalue weighted by Crippen LogP contribution is 2.32. The molecular formula is C20H19N3O4. The number of methoxy groups -OCH3 is 2. The molecule has 7 nitrogen and oxygen atoms in total. The van der Waals surface area contributed by atoms with Gasteiger partial charge < -0.3 is 18.9 Å². The Bertz CT molecular complexity index is 935. The van der Waals surface area contributed by atoms with E-state index in [1.165, 1.54) is 0 Å². The minimum Gasteiger partial charge on any atom is -0.497 e. The lowest BCUT2D eigenvalue weighted by molar-refractivity contribution is -0.117. The predicted molar refractivity (Wildman–Crippen MR) is 99.0 cm³/mol. The van der Waals surface area contributed by atoms with Crippen LogP contribution in [0.25, 0.3) is 11.4 Å². The molecule has 7 heteroatoms. The van der Waals surface area contributed by atoms with E-state index in [9.17, 15) is 4.79 Å². The lowest BCUT2D eigenvalue weighted by Gasteiger charge is -2.16. The van der Waals surface area contributed by atoms with Crippen LogP contribution in [0.5, 0.6) is 11.5 Å². The van der Waals surface area contributed by atoms with E-state index in [0.717, 1.165) is 22.7 Å². The van der Waals surface area contributed by atoms with Crippen LogP contribution in [0.1, 0.15) is 18.2 Å². The Morgan fingerprint density at radius 2 is 1.63 bits per heavy atom. The van der Waals surface area contributed by atoms with Gasteiger partial charge in [-0.05, 0) is 48.5 Å². The van der Waals surface area contributed by atoms with E-state index in [-0.39, 0.29) is 11.8 Å². The number of carbonyl (C=O) groups is 1. The fourth-order valence-electron chi connectivity index (χ4n) is 3.14. The van der Waals surface area contributed by atoms with E-state index >= 15 is 0 Å². The Hall–Kier alpha value is -3.35. The number of aromatic nitrogens is 2. The molecule has 0 N–H and O–H groups in total. The zero-order valence-corrected chi connectivity index (χ0v) is 15.1. The topological polar surface area (TPSA) is 77.7 Å². The van der Waals surface area contributed by atoms with Gasteiger partial charge in [-0.1, -0.05) is 5.16 Å². The first-order valence-corrected chi connectivity index (χ1v) is 8.60. The molecule has 0 spiro atoms. The molecule has 3 aromatic rings. The quantitative estimate of drug-likeness (QED) is 0.691. The number of ether oxygens (including phenoxy) is 2. The van der Waals surface area contributed by atoms with Crippen LogP contribution in [0.3, 0.4) is 0 Å². The Morgan fingerprint density at radius 1 is 1.00 bits per heavy atom. The van der Waals surface area contributed by atoms with E-state index in [0.29, 0.717) is 24.7 Å². The second-order valence-corrected chi connectivity index (χ2v) is 6.29. The first-order chi connectivity index (χ1) is 13.2. The lowest BCUT2D eigenvalue weighted by atomic mass is 10.1. The molecule has 0 saturated carbocycles. The van der Waals surface area contributed by atoms with Crippen molar-refractivity contribution in [3.63, 3.8) is 0 Å². The Morgan fingerprint density at radius 3 is 2.26 bits per heavy atom. The molecule has 1 atom stereocenters. The number of benzene rings is 2. The SMILES string of the molecule is COc1ccc(-c2noc([C@H]3CC(=O)N(c4ccc(OC)cc4)C3)n2)cc1. The normalized spacial score (nSPS) is 16.6. The maximum atomic E-state index is 12.5. The molecule has 2 heterocycles. The van der Waals surface area contributed by atoms with Gasteiger partial charge >= 0.3 is 0 Å². The van der Waals surface area contributed by atoms with E-state index in [2.05, 4.69) is 10.1 Å². The maximum absolute atomic E-state index is 12.5. The highest BCUT2D eigenvalue weighted by Gasteiger charge is 2.35. The largest absolute Gasteiger partial charge is 0.497 e. The van der Waals surface area contributed by atoms with Crippen LogP contribution < -0.4 is 14.4 Å². The molecule has 1 aromatic heterocycles. The summed E-state index contributed by atoms with van der Waals surface area (Å²) in [5.74, 6) is 2.41. The number of hydrogen-bond donors (Lipinski definition) is 0. The minimum absolute atomic E-state index is 0.0364. The number of hydrogen-bond acceptors (Lipinski definition) is 6. The Balaban J connectivity index is 1.51. The smallest absolute Gasteiger partial charge is 0.232 e. The molecule has 1 fully saturated rings. The van der Waals surface area contributed by atoms with Crippen molar-refractivity contribution in [3.05, 3.63) is 54.4 Å². The first-order valence-electron chi connectivity index (χ1n) is 8.60. The zero-order valence-electron chi connectivity index (χ0n) is 15.1. The summed E-state index contributed by atoms with van der Waals surface area (Å²) in [6.07, 6.45) is 0.344. The monoisotopic (exact) mass is 365 g/mol. The summed E-state index contributed by atoms with van der Waals surface area (Å²) in [7, 11) is 3.23. The van der Waals surface area contributed by atoms with Crippen molar-refractivity contribution >= 4 is 11.6 Å². The van der Waals surface area contributed by atoms with Gasteiger partial charge in [-0.2, -0.15) is 4.98 Å². The minimum atomic E-state index is -0.126. The predicted octanol–water partition coefficient (Wildman–Crippen LogP) is 3.27. The van der Waals surface area contributed by atoms with Crippen molar-refractivity contribution in [2.45, 2.75) is 12.3 Å². The molecule has 0 radical (unpaired) electrons. The van der Waals surface area contributed by atoms with Gasteiger partial charge in [-0.15, -0.1) is 0 Å². The van der Waals surface area contributed by atoms with E-state index in [4.69, 9.17) is 14.0 Å². The van der Waals surface area contributed by atoms with Gasteiger partial charge in [0.05, 0.1) is 20.1 Å². The number of amides is 1. The van der Waals surface area contributed by atoms with Gasteiger partial charge in [-0.25, -0.2) is 0 Å². The van der Waals surface area contributed by atoms with Crippen LogP contribution >= 0.6 is 0 Å². The summed E-state index contributed by atoms with van der Waals surface area (Å²) in [5.41, 5.74) is 1.67. The molecule has 1 aliphatic rings. The molecule has 1 amide bonds. The number of nitrogens with zero attached hydrogens (tertiary/aromatic N) is 3. The second kappa shape index (κ2) is 7.11. The molecule has 0 unspecified atom stereocenters. The van der Waals surface area contributed by atoms with Gasteiger partial charge in [0, 0.05) is 24.2 Å². The van der Waals surface area contributed by atoms with Crippen molar-refractivity contribution < 1.29 is 18.8 Å². The molecule has 1 saturated heterocycles. The van der Waals surface area contributed by atoms with Gasteiger partial charge in [0.1, 0.15) is 11.5 Å². The zero-order chi connectivity index (χ0) is 18.8. The molecule has 2 aromatic carbocycles. The van der Waals surface area contributed by atoms with Gasteiger partial charge in [0.2, 0.25) is 17.6 Å². The van der Waals surface area contributed by atoms with Crippen LogP contribution in [0.4, 0.5) is 5.69 Å². The standard InChI is InChI=1S/C20H19N3O4/c1-25-16-7-3-13(4-8-16)19-21-20(27-22-19)14-11-18(24)23(12-14)15-5-9-17(26-2)10-6-15/h3-10,14H,11-12H2,1-2H3/t14-/m0/s1. The van der Waals surface area contributed by atoms with Gasteiger partial charge in [0.25, 0.3) is 0 Å². The maximum Gasteiger partial charge on any atom is 0.232 e. The third-order valence-electron chi connectivity index (χ3n) is 4.65. The molecular weight excluding hydrogens is 346 g/mol. The molecule has 4 rings (SSSR count).